The molecule has 0 aromatic heterocycles. The van der Waals surface area contributed by atoms with Crippen molar-refractivity contribution < 1.29 is 18.0 Å². The fourth-order valence-corrected chi connectivity index (χ4v) is 2.69. The molecule has 8 heteroatoms. The van der Waals surface area contributed by atoms with Crippen LogP contribution in [0.3, 0.4) is 0 Å². The van der Waals surface area contributed by atoms with E-state index in [1.807, 2.05) is 0 Å². The van der Waals surface area contributed by atoms with E-state index in [1.165, 1.54) is 12.1 Å². The number of nitrogens with zero attached hydrogens (tertiary/aromatic N) is 1. The lowest BCUT2D eigenvalue weighted by Gasteiger charge is -2.14. The Kier molecular flexibility index (Phi) is 6.60. The Morgan fingerprint density at radius 2 is 1.84 bits per heavy atom. The van der Waals surface area contributed by atoms with Gasteiger partial charge in [-0.25, -0.2) is 0 Å². The van der Waals surface area contributed by atoms with E-state index in [4.69, 9.17) is 39.6 Å². The van der Waals surface area contributed by atoms with Crippen molar-refractivity contribution in [3.63, 3.8) is 0 Å². The van der Waals surface area contributed by atoms with E-state index in [0.717, 1.165) is 6.07 Å². The van der Waals surface area contributed by atoms with Gasteiger partial charge in [0, 0.05) is 16.1 Å². The molecule has 0 atom stereocenters. The SMILES string of the molecule is CC/C(=N\OCc1cccc(Cl)c1Cl)c1cc(Cl)ccc1C(F)(F)F. The minimum absolute atomic E-state index is 0.0230. The zero-order valence-corrected chi connectivity index (χ0v) is 15.3. The number of oxime groups is 1. The molecule has 2 aromatic rings. The van der Waals surface area contributed by atoms with Crippen molar-refractivity contribution in [3.8, 4) is 0 Å². The van der Waals surface area contributed by atoms with E-state index in [2.05, 4.69) is 5.16 Å². The van der Waals surface area contributed by atoms with Crippen molar-refractivity contribution >= 4 is 40.5 Å². The summed E-state index contributed by atoms with van der Waals surface area (Å²) >= 11 is 17.8. The molecule has 0 heterocycles. The van der Waals surface area contributed by atoms with Crippen LogP contribution in [-0.4, -0.2) is 5.71 Å². The monoisotopic (exact) mass is 409 g/mol. The van der Waals surface area contributed by atoms with E-state index in [9.17, 15) is 13.2 Å². The lowest BCUT2D eigenvalue weighted by atomic mass is 10.0. The molecule has 0 aliphatic rings. The summed E-state index contributed by atoms with van der Waals surface area (Å²) in [5.74, 6) is 0. The highest BCUT2D eigenvalue weighted by molar-refractivity contribution is 6.42. The second-order valence-electron chi connectivity index (χ2n) is 5.07. The standard InChI is InChI=1S/C17H13Cl3F3NO/c1-2-15(12-8-11(18)6-7-13(12)17(21,22)23)24-25-9-10-4-3-5-14(19)16(10)20/h3-8H,2,9H2,1H3/b24-15+. The van der Waals surface area contributed by atoms with E-state index < -0.39 is 11.7 Å². The number of benzene rings is 2. The number of hydrogen-bond acceptors (Lipinski definition) is 2. The third-order valence-corrected chi connectivity index (χ3v) is 4.45. The van der Waals surface area contributed by atoms with Crippen molar-refractivity contribution in [2.75, 3.05) is 0 Å². The predicted molar refractivity (Wildman–Crippen MR) is 94.5 cm³/mol. The van der Waals surface area contributed by atoms with Crippen LogP contribution in [0.5, 0.6) is 0 Å². The molecular weight excluding hydrogens is 398 g/mol. The van der Waals surface area contributed by atoms with Crippen molar-refractivity contribution in [2.24, 2.45) is 5.16 Å². The summed E-state index contributed by atoms with van der Waals surface area (Å²) in [7, 11) is 0. The lowest BCUT2D eigenvalue weighted by molar-refractivity contribution is -0.137. The molecule has 2 rings (SSSR count). The summed E-state index contributed by atoms with van der Waals surface area (Å²) in [6.45, 7) is 1.65. The molecule has 0 N–H and O–H groups in total. The van der Waals surface area contributed by atoms with Gasteiger partial charge in [0.25, 0.3) is 0 Å². The third kappa shape index (κ3) is 5.03. The van der Waals surface area contributed by atoms with E-state index in [0.29, 0.717) is 15.6 Å². The maximum atomic E-state index is 13.2. The number of halogens is 6. The van der Waals surface area contributed by atoms with Crippen LogP contribution in [0.2, 0.25) is 15.1 Å². The fourth-order valence-electron chi connectivity index (χ4n) is 2.15. The quantitative estimate of drug-likeness (QED) is 0.384. The van der Waals surface area contributed by atoms with Gasteiger partial charge >= 0.3 is 6.18 Å². The Balaban J connectivity index is 2.29. The fraction of sp³-hybridized carbons (Fsp3) is 0.235. The van der Waals surface area contributed by atoms with Gasteiger partial charge in [0.05, 0.1) is 21.3 Å². The van der Waals surface area contributed by atoms with Crippen LogP contribution >= 0.6 is 34.8 Å². The Morgan fingerprint density at radius 3 is 2.48 bits per heavy atom. The summed E-state index contributed by atoms with van der Waals surface area (Å²) in [6.07, 6.45) is -4.29. The van der Waals surface area contributed by atoms with Gasteiger partial charge in [-0.15, -0.1) is 0 Å². The van der Waals surface area contributed by atoms with Crippen LogP contribution in [0, 0.1) is 0 Å². The molecule has 0 fully saturated rings. The van der Waals surface area contributed by atoms with E-state index in [-0.39, 0.29) is 29.3 Å². The van der Waals surface area contributed by atoms with Gasteiger partial charge in [-0.05, 0) is 30.7 Å². The molecule has 0 spiro atoms. The summed E-state index contributed by atoms with van der Waals surface area (Å²) in [5, 5.41) is 4.71. The molecule has 0 amide bonds. The highest BCUT2D eigenvalue weighted by Gasteiger charge is 2.34. The molecular formula is C17H13Cl3F3NO. The second kappa shape index (κ2) is 8.30. The molecule has 25 heavy (non-hydrogen) atoms. The molecule has 134 valence electrons. The van der Waals surface area contributed by atoms with Gasteiger partial charge in [-0.1, -0.05) is 59.0 Å². The van der Waals surface area contributed by atoms with Crippen LogP contribution in [0.25, 0.3) is 0 Å². The molecule has 0 aliphatic heterocycles. The van der Waals surface area contributed by atoms with Gasteiger partial charge in [-0.3, -0.25) is 0 Å². The molecule has 2 aromatic carbocycles. The van der Waals surface area contributed by atoms with Crippen LogP contribution in [-0.2, 0) is 17.6 Å². The normalized spacial score (nSPS) is 12.4. The zero-order valence-electron chi connectivity index (χ0n) is 13.0. The van der Waals surface area contributed by atoms with Crippen LogP contribution in [0.4, 0.5) is 13.2 Å². The molecule has 0 aliphatic carbocycles. The van der Waals surface area contributed by atoms with Gasteiger partial charge in [0.2, 0.25) is 0 Å². The van der Waals surface area contributed by atoms with Crippen molar-refractivity contribution in [2.45, 2.75) is 26.1 Å². The zero-order chi connectivity index (χ0) is 18.6. The smallest absolute Gasteiger partial charge is 0.391 e. The summed E-state index contributed by atoms with van der Waals surface area (Å²) in [6, 6.07) is 8.34. The molecule has 0 radical (unpaired) electrons. The largest absolute Gasteiger partial charge is 0.417 e. The third-order valence-electron chi connectivity index (χ3n) is 3.36. The molecule has 0 unspecified atom stereocenters. The lowest BCUT2D eigenvalue weighted by Crippen LogP contribution is -2.13. The Morgan fingerprint density at radius 1 is 1.12 bits per heavy atom. The maximum Gasteiger partial charge on any atom is 0.417 e. The molecule has 0 saturated heterocycles. The average molecular weight is 411 g/mol. The van der Waals surface area contributed by atoms with E-state index in [1.54, 1.807) is 25.1 Å². The summed E-state index contributed by atoms with van der Waals surface area (Å²) in [4.78, 5) is 5.20. The van der Waals surface area contributed by atoms with Crippen LogP contribution < -0.4 is 0 Å². The number of hydrogen-bond donors (Lipinski definition) is 0. The van der Waals surface area contributed by atoms with Gasteiger partial charge < -0.3 is 4.84 Å². The maximum absolute atomic E-state index is 13.2. The van der Waals surface area contributed by atoms with E-state index >= 15 is 0 Å². The van der Waals surface area contributed by atoms with Gasteiger partial charge in [0.15, 0.2) is 0 Å². The Bertz CT molecular complexity index is 791. The first-order valence-electron chi connectivity index (χ1n) is 7.23. The number of rotatable bonds is 5. The topological polar surface area (TPSA) is 21.6 Å². The minimum atomic E-state index is -4.52. The predicted octanol–water partition coefficient (Wildman–Crippen LogP) is 7.00. The highest BCUT2D eigenvalue weighted by atomic mass is 35.5. The van der Waals surface area contributed by atoms with Crippen molar-refractivity contribution in [1.29, 1.82) is 0 Å². The molecule has 0 saturated carbocycles. The van der Waals surface area contributed by atoms with Crippen molar-refractivity contribution in [3.05, 3.63) is 68.2 Å². The van der Waals surface area contributed by atoms with Gasteiger partial charge in [0.1, 0.15) is 6.61 Å². The van der Waals surface area contributed by atoms with Gasteiger partial charge in [-0.2, -0.15) is 13.2 Å². The Hall–Kier alpha value is -1.43. The summed E-state index contributed by atoms with van der Waals surface area (Å²) in [5.41, 5.74) is -0.218. The highest BCUT2D eigenvalue weighted by Crippen LogP contribution is 2.34. The average Bonchev–Trinajstić information content (AvgIpc) is 2.54. The second-order valence-corrected chi connectivity index (χ2v) is 6.29. The van der Waals surface area contributed by atoms with Crippen LogP contribution in [0.15, 0.2) is 41.6 Å². The number of alkyl halides is 3. The Labute approximate surface area is 158 Å². The first-order chi connectivity index (χ1) is 11.7. The first kappa shape index (κ1) is 19.9. The minimum Gasteiger partial charge on any atom is -0.391 e. The van der Waals surface area contributed by atoms with Crippen LogP contribution in [0.1, 0.15) is 30.0 Å². The molecule has 0 bridgehead atoms. The summed E-state index contributed by atoms with van der Waals surface area (Å²) < 4.78 is 39.6. The van der Waals surface area contributed by atoms with Crippen molar-refractivity contribution in [1.82, 2.24) is 0 Å². The first-order valence-corrected chi connectivity index (χ1v) is 8.36. The molecule has 2 nitrogen and oxygen atoms in total.